The number of anilines is 1. The van der Waals surface area contributed by atoms with Gasteiger partial charge in [0.25, 0.3) is 5.91 Å². The molecule has 0 aliphatic heterocycles. The zero-order valence-corrected chi connectivity index (χ0v) is 19.4. The molecule has 0 bridgehead atoms. The molecule has 1 atom stereocenters. The van der Waals surface area contributed by atoms with E-state index in [-0.39, 0.29) is 35.1 Å². The quantitative estimate of drug-likeness (QED) is 0.284. The first-order chi connectivity index (χ1) is 15.0. The third-order valence-electron chi connectivity index (χ3n) is 4.54. The van der Waals surface area contributed by atoms with Gasteiger partial charge in [-0.3, -0.25) is 9.79 Å². The van der Waals surface area contributed by atoms with E-state index in [2.05, 4.69) is 20.8 Å². The first kappa shape index (κ1) is 27.0. The standard InChI is InChI=1S/C21H28ClF2N5O3/c1-6-16(23)17(24)21(4,12-27-26-8-3)29(5)18(25-7-2)19(30)28-13-9-10-14(20(31)32)15(22)11-13/h9-12,26H,6-8H2,1-5H3,(H,28,30)(H,31,32)/b17-16-,25-18?,27-12-/t21-/m0/s1. The van der Waals surface area contributed by atoms with E-state index in [1.165, 1.54) is 44.0 Å². The lowest BCUT2D eigenvalue weighted by Crippen LogP contribution is -2.53. The van der Waals surface area contributed by atoms with Crippen LogP contribution >= 0.6 is 11.6 Å². The number of carbonyl (C=O) groups is 2. The van der Waals surface area contributed by atoms with E-state index in [0.29, 0.717) is 6.54 Å². The van der Waals surface area contributed by atoms with Gasteiger partial charge in [0.1, 0.15) is 11.4 Å². The fourth-order valence-electron chi connectivity index (χ4n) is 2.64. The number of carboxylic acids is 1. The summed E-state index contributed by atoms with van der Waals surface area (Å²) in [5.74, 6) is -4.20. The number of nitrogens with zero attached hydrogens (tertiary/aromatic N) is 3. The SMILES string of the molecule is CCN=C(C(=O)Nc1ccc(C(=O)O)c(Cl)c1)N(C)[C@@](C)(/C=N\NCC)/C(F)=C(/F)CC. The summed E-state index contributed by atoms with van der Waals surface area (Å²) in [7, 11) is 1.40. The molecule has 3 N–H and O–H groups in total. The van der Waals surface area contributed by atoms with Crippen LogP contribution in [0.4, 0.5) is 14.5 Å². The van der Waals surface area contributed by atoms with Crippen LogP contribution in [-0.4, -0.2) is 59.6 Å². The van der Waals surface area contributed by atoms with E-state index in [1.807, 2.05) is 0 Å². The molecule has 1 amide bonds. The number of halogens is 3. The second-order valence-corrected chi connectivity index (χ2v) is 7.21. The predicted molar refractivity (Wildman–Crippen MR) is 123 cm³/mol. The third kappa shape index (κ3) is 6.49. The van der Waals surface area contributed by atoms with Gasteiger partial charge in [-0.25, -0.2) is 13.6 Å². The summed E-state index contributed by atoms with van der Waals surface area (Å²) < 4.78 is 29.3. The van der Waals surface area contributed by atoms with Crippen molar-refractivity contribution in [3.8, 4) is 0 Å². The molecule has 0 unspecified atom stereocenters. The topological polar surface area (TPSA) is 106 Å². The maximum absolute atomic E-state index is 15.1. The molecule has 1 rings (SSSR count). The number of aromatic carboxylic acids is 1. The zero-order valence-electron chi connectivity index (χ0n) is 18.7. The number of amides is 1. The number of likely N-dealkylation sites (N-methyl/N-ethyl adjacent to an activating group) is 1. The number of hydrazone groups is 1. The van der Waals surface area contributed by atoms with E-state index in [1.54, 1.807) is 13.8 Å². The minimum absolute atomic E-state index is 0.0701. The highest BCUT2D eigenvalue weighted by Crippen LogP contribution is 2.29. The zero-order chi connectivity index (χ0) is 24.5. The fraction of sp³-hybridized carbons (Fsp3) is 0.429. The first-order valence-electron chi connectivity index (χ1n) is 9.97. The van der Waals surface area contributed by atoms with Gasteiger partial charge in [0, 0.05) is 25.8 Å². The lowest BCUT2D eigenvalue weighted by Gasteiger charge is -2.36. The van der Waals surface area contributed by atoms with Gasteiger partial charge in [0.15, 0.2) is 11.7 Å². The van der Waals surface area contributed by atoms with Crippen LogP contribution in [0, 0.1) is 0 Å². The second-order valence-electron chi connectivity index (χ2n) is 6.80. The average molecular weight is 472 g/mol. The second kappa shape index (κ2) is 12.1. The Kier molecular flexibility index (Phi) is 10.2. The van der Waals surface area contributed by atoms with Crippen LogP contribution in [0.15, 0.2) is 39.9 Å². The van der Waals surface area contributed by atoms with Crippen molar-refractivity contribution >= 4 is 41.2 Å². The van der Waals surface area contributed by atoms with Crippen molar-refractivity contribution < 1.29 is 23.5 Å². The molecule has 1 aromatic rings. The molecular weight excluding hydrogens is 444 g/mol. The Bertz CT molecular complexity index is 936. The molecule has 176 valence electrons. The first-order valence-corrected chi connectivity index (χ1v) is 10.3. The third-order valence-corrected chi connectivity index (χ3v) is 4.85. The van der Waals surface area contributed by atoms with Gasteiger partial charge in [-0.2, -0.15) is 5.10 Å². The normalized spacial score (nSPS) is 14.6. The molecule has 0 radical (unpaired) electrons. The smallest absolute Gasteiger partial charge is 0.337 e. The summed E-state index contributed by atoms with van der Waals surface area (Å²) in [6.45, 7) is 6.96. The summed E-state index contributed by atoms with van der Waals surface area (Å²) in [6.07, 6.45) is 0.989. The summed E-state index contributed by atoms with van der Waals surface area (Å²) in [6, 6.07) is 3.88. The molecule has 0 fully saturated rings. The Morgan fingerprint density at radius 3 is 2.44 bits per heavy atom. The fourth-order valence-corrected chi connectivity index (χ4v) is 2.90. The van der Waals surface area contributed by atoms with Crippen LogP contribution < -0.4 is 10.7 Å². The van der Waals surface area contributed by atoms with Crippen molar-refractivity contribution in [3.63, 3.8) is 0 Å². The highest BCUT2D eigenvalue weighted by Gasteiger charge is 2.39. The van der Waals surface area contributed by atoms with Crippen molar-refractivity contribution in [1.29, 1.82) is 0 Å². The van der Waals surface area contributed by atoms with Crippen LogP contribution in [-0.2, 0) is 4.79 Å². The van der Waals surface area contributed by atoms with Crippen LogP contribution in [0.2, 0.25) is 5.02 Å². The lowest BCUT2D eigenvalue weighted by atomic mass is 9.98. The molecule has 0 aromatic heterocycles. The molecule has 0 saturated heterocycles. The van der Waals surface area contributed by atoms with E-state index < -0.39 is 29.1 Å². The molecular formula is C21H28ClF2N5O3. The molecule has 8 nitrogen and oxygen atoms in total. The molecule has 0 saturated carbocycles. The Labute approximate surface area is 191 Å². The molecule has 11 heteroatoms. The summed E-state index contributed by atoms with van der Waals surface area (Å²) >= 11 is 5.95. The van der Waals surface area contributed by atoms with Crippen molar-refractivity contribution in [3.05, 3.63) is 40.4 Å². The highest BCUT2D eigenvalue weighted by molar-refractivity contribution is 6.42. The number of carbonyl (C=O) groups excluding carboxylic acids is 1. The van der Waals surface area contributed by atoms with Gasteiger partial charge in [0.2, 0.25) is 0 Å². The molecule has 0 aliphatic rings. The van der Waals surface area contributed by atoms with Gasteiger partial charge in [-0.15, -0.1) is 0 Å². The summed E-state index contributed by atoms with van der Waals surface area (Å²) in [5, 5.41) is 15.5. The van der Waals surface area contributed by atoms with Gasteiger partial charge in [0.05, 0.1) is 16.8 Å². The number of nitrogens with one attached hydrogen (secondary N) is 2. The molecule has 0 heterocycles. The van der Waals surface area contributed by atoms with Crippen molar-refractivity contribution in [2.75, 3.05) is 25.5 Å². The van der Waals surface area contributed by atoms with Crippen molar-refractivity contribution in [2.45, 2.75) is 39.7 Å². The van der Waals surface area contributed by atoms with Gasteiger partial charge >= 0.3 is 5.97 Å². The number of hydrogen-bond acceptors (Lipinski definition) is 5. The van der Waals surface area contributed by atoms with Crippen LogP contribution in [0.3, 0.4) is 0 Å². The Balaban J connectivity index is 3.37. The summed E-state index contributed by atoms with van der Waals surface area (Å²) in [4.78, 5) is 29.4. The van der Waals surface area contributed by atoms with Gasteiger partial charge in [-0.05, 0) is 45.4 Å². The Hall–Kier alpha value is -3.01. The number of rotatable bonds is 9. The van der Waals surface area contributed by atoms with E-state index in [9.17, 15) is 14.0 Å². The minimum atomic E-state index is -1.75. The number of benzene rings is 1. The van der Waals surface area contributed by atoms with Crippen LogP contribution in [0.5, 0.6) is 0 Å². The lowest BCUT2D eigenvalue weighted by molar-refractivity contribution is -0.111. The minimum Gasteiger partial charge on any atom is -0.478 e. The molecule has 0 spiro atoms. The average Bonchev–Trinajstić information content (AvgIpc) is 2.75. The number of carboxylic acid groups (broad SMARTS) is 1. The number of hydrogen-bond donors (Lipinski definition) is 3. The maximum Gasteiger partial charge on any atom is 0.337 e. The molecule has 32 heavy (non-hydrogen) atoms. The highest BCUT2D eigenvalue weighted by atomic mass is 35.5. The summed E-state index contributed by atoms with van der Waals surface area (Å²) in [5.41, 5.74) is 0.991. The largest absolute Gasteiger partial charge is 0.478 e. The van der Waals surface area contributed by atoms with Crippen LogP contribution in [0.1, 0.15) is 44.5 Å². The Morgan fingerprint density at radius 2 is 1.94 bits per heavy atom. The van der Waals surface area contributed by atoms with E-state index >= 15 is 4.39 Å². The van der Waals surface area contributed by atoms with Crippen molar-refractivity contribution in [1.82, 2.24) is 10.3 Å². The molecule has 0 aliphatic carbocycles. The molecule has 1 aromatic carbocycles. The van der Waals surface area contributed by atoms with Crippen molar-refractivity contribution in [2.24, 2.45) is 10.1 Å². The van der Waals surface area contributed by atoms with Gasteiger partial charge in [-0.1, -0.05) is 18.5 Å². The van der Waals surface area contributed by atoms with E-state index in [0.717, 1.165) is 6.21 Å². The van der Waals surface area contributed by atoms with E-state index in [4.69, 9.17) is 16.7 Å². The van der Waals surface area contributed by atoms with Gasteiger partial charge < -0.3 is 20.7 Å². The monoisotopic (exact) mass is 471 g/mol. The maximum atomic E-state index is 15.1. The number of amidine groups is 1. The Morgan fingerprint density at radius 1 is 1.28 bits per heavy atom. The van der Waals surface area contributed by atoms with Crippen LogP contribution in [0.25, 0.3) is 0 Å². The predicted octanol–water partition coefficient (Wildman–Crippen LogP) is 4.24. The number of aliphatic imine (C=N–C) groups is 1. The number of allylic oxidation sites excluding steroid dienone is 1.